The smallest absolute Gasteiger partial charge is 0.203 e. The van der Waals surface area contributed by atoms with Crippen LogP contribution in [0, 0.1) is 48.0 Å². The molecule has 11 aliphatic rings. The minimum absolute atomic E-state index is 0.0319. The highest BCUT2D eigenvalue weighted by Gasteiger charge is 2.56. The van der Waals surface area contributed by atoms with E-state index < -0.39 is 0 Å². The summed E-state index contributed by atoms with van der Waals surface area (Å²) in [6.07, 6.45) is 29.2. The van der Waals surface area contributed by atoms with Crippen molar-refractivity contribution in [1.29, 1.82) is 0 Å². The topological polar surface area (TPSA) is 239 Å². The zero-order valence-electron chi connectivity index (χ0n) is 70.7. The summed E-state index contributed by atoms with van der Waals surface area (Å²) < 4.78 is 5.67. The molecule has 0 amide bonds. The number of rotatable bonds is 7. The number of aliphatic hydroxyl groups excluding tert-OH is 1. The van der Waals surface area contributed by atoms with E-state index in [0.717, 1.165) is 177 Å². The van der Waals surface area contributed by atoms with Gasteiger partial charge in [0.2, 0.25) is 5.70 Å². The average molecular weight is 1630 g/mol. The molecule has 0 aliphatic heterocycles. The number of aromatic nitrogens is 13. The normalized spacial score (nSPS) is 27.1. The number of halogens is 1. The summed E-state index contributed by atoms with van der Waals surface area (Å²) in [5.74, 6) is 8.94. The first kappa shape index (κ1) is 78.0. The Morgan fingerprint density at radius 1 is 0.402 bits per heavy atom. The van der Waals surface area contributed by atoms with E-state index in [4.69, 9.17) is 57.6 Å². The fourth-order valence-electron chi connectivity index (χ4n) is 24.0. The number of hydrogen-bond acceptors (Lipinski definition) is 17. The van der Waals surface area contributed by atoms with E-state index in [-0.39, 0.29) is 51.1 Å². The van der Waals surface area contributed by atoms with Crippen LogP contribution in [0.15, 0.2) is 168 Å². The third kappa shape index (κ3) is 13.0. The van der Waals surface area contributed by atoms with Crippen molar-refractivity contribution in [1.82, 2.24) is 65.0 Å². The Morgan fingerprint density at radius 3 is 1.12 bits per heavy atom. The van der Waals surface area contributed by atoms with Gasteiger partial charge < -0.3 is 9.63 Å². The summed E-state index contributed by atoms with van der Waals surface area (Å²) in [4.78, 5) is 87.7. The van der Waals surface area contributed by atoms with Crippen LogP contribution in [0.25, 0.3) is 94.0 Å². The average Bonchev–Trinajstić information content (AvgIpc) is 0.883. The highest BCUT2D eigenvalue weighted by atomic mass is 35.5. The number of carbonyl (C=O) groups excluding carboxylic acids is 2. The molecule has 9 aromatic heterocycles. The summed E-state index contributed by atoms with van der Waals surface area (Å²) in [7, 11) is 0. The van der Waals surface area contributed by atoms with Gasteiger partial charge in [-0.2, -0.15) is 0 Å². The summed E-state index contributed by atoms with van der Waals surface area (Å²) in [6.45, 7) is 25.5. The lowest BCUT2D eigenvalue weighted by atomic mass is 9.56. The molecule has 19 heteroatoms. The first-order chi connectivity index (χ1) is 59.2. The number of pyridine rings is 4. The quantitative estimate of drug-likeness (QED) is 0.115. The van der Waals surface area contributed by atoms with E-state index in [1.165, 1.54) is 89.2 Å². The van der Waals surface area contributed by atoms with Crippen molar-refractivity contribution in [2.24, 2.45) is 41.4 Å². The Kier molecular flexibility index (Phi) is 19.2. The number of ketones is 2. The van der Waals surface area contributed by atoms with Crippen LogP contribution in [0.1, 0.15) is 249 Å². The zero-order chi connectivity index (χ0) is 83.4. The third-order valence-corrected chi connectivity index (χ3v) is 31.4. The van der Waals surface area contributed by atoms with Gasteiger partial charge in [-0.3, -0.25) is 29.5 Å². The predicted molar refractivity (Wildman–Crippen MR) is 474 cm³/mol. The van der Waals surface area contributed by atoms with Gasteiger partial charge in [0.25, 0.3) is 0 Å². The maximum absolute atomic E-state index is 12.5. The van der Waals surface area contributed by atoms with Crippen LogP contribution in [-0.4, -0.2) is 81.6 Å². The van der Waals surface area contributed by atoms with Crippen molar-refractivity contribution >= 4 is 66.8 Å². The third-order valence-electron chi connectivity index (χ3n) is 31.0. The van der Waals surface area contributed by atoms with Crippen LogP contribution in [0.2, 0.25) is 5.15 Å². The van der Waals surface area contributed by atoms with Crippen molar-refractivity contribution in [3.63, 3.8) is 0 Å². The fourth-order valence-corrected chi connectivity index (χ4v) is 24.2. The molecule has 0 radical (unpaired) electrons. The molecular formula is C103H101ClN14O4. The molecule has 5 saturated carbocycles. The first-order valence-electron chi connectivity index (χ1n) is 44.6. The van der Waals surface area contributed by atoms with Gasteiger partial charge >= 0.3 is 0 Å². The lowest BCUT2D eigenvalue weighted by Gasteiger charge is -2.48. The van der Waals surface area contributed by atoms with Crippen LogP contribution >= 0.6 is 11.6 Å². The van der Waals surface area contributed by atoms with Gasteiger partial charge in [-0.25, -0.2) is 44.7 Å². The standard InChI is InChI=1S/2C27H26N4O.C26H27N3O.C23H22ClN3O/c1-15-21-10-9-20-23(16-7-8-16)30-26(19-11-12-28-22-6-4-3-5-18(19)22)31-25(20)27(21,2)13-17-14-29-32-24(15)17;1-15-20-11-10-19-23(16-8-9-16)30-26(18-12-13-29-21-7-5-4-6-17(18)21)31-25(19)27(20,2)14-22(28-3)24(15)32;1-15-20-10-9-19-23(16-7-8-16)28-25(29-24(19)26(20,2)13-11-22(15)30)18-12-14-27-21-6-4-3-5-17(18)21;1-13-17-8-7-16-20(23(17,2)11-9-19(13)28)26-22(27-21(16)24)15-10-12-25-18-6-4-3-5-14(15)18/h3-6,11-12,14-16,21H,7-10,13H2,1-2H3;4-7,12-13,15-16,20,32H,8-11,14H2,1-2H3;3-6,12,14-16,20H,7-11,13H2,1-2H3;3-6,10,12-13,17H,7-9,11H2,1-2H3/t15-,21-,27-;15-,20-,27-;15-,20-,26-;13-,17-,23-/m1111/s1. The van der Waals surface area contributed by atoms with Crippen molar-refractivity contribution in [2.75, 3.05) is 0 Å². The minimum Gasteiger partial charge on any atom is -0.523 e. The van der Waals surface area contributed by atoms with Crippen LogP contribution in [0.3, 0.4) is 0 Å². The fraction of sp³-hybridized carbons (Fsp3) is 0.417. The van der Waals surface area contributed by atoms with Gasteiger partial charge in [-0.05, 0) is 204 Å². The maximum atomic E-state index is 12.5. The Morgan fingerprint density at radius 2 is 0.738 bits per heavy atom. The molecule has 24 rings (SSSR count). The zero-order valence-corrected chi connectivity index (χ0v) is 71.5. The molecule has 9 heterocycles. The van der Waals surface area contributed by atoms with Crippen LogP contribution in [0.4, 0.5) is 0 Å². The van der Waals surface area contributed by atoms with Crippen molar-refractivity contribution in [2.45, 2.75) is 229 Å². The summed E-state index contributed by atoms with van der Waals surface area (Å²) in [6, 6.07) is 40.8. The number of para-hydroxylation sites is 4. The van der Waals surface area contributed by atoms with Crippen molar-refractivity contribution in [3.05, 3.63) is 254 Å². The molecule has 13 aromatic rings. The molecular weight excluding hydrogens is 1530 g/mol. The summed E-state index contributed by atoms with van der Waals surface area (Å²) in [5.41, 5.74) is 22.8. The number of allylic oxidation sites excluding steroid dienone is 2. The second-order valence-electron chi connectivity index (χ2n) is 38.1. The molecule has 0 unspecified atom stereocenters. The van der Waals surface area contributed by atoms with Crippen LogP contribution < -0.4 is 0 Å². The van der Waals surface area contributed by atoms with Crippen molar-refractivity contribution < 1.29 is 19.2 Å². The largest absolute Gasteiger partial charge is 0.523 e. The maximum Gasteiger partial charge on any atom is 0.203 e. The van der Waals surface area contributed by atoms with E-state index in [2.05, 4.69) is 139 Å². The molecule has 11 aliphatic carbocycles. The molecule has 5 fully saturated rings. The van der Waals surface area contributed by atoms with Crippen LogP contribution in [0.5, 0.6) is 0 Å². The lowest BCUT2D eigenvalue weighted by Crippen LogP contribution is -2.47. The number of fused-ring (bicyclic) bond motifs is 17. The Bertz CT molecular complexity index is 6540. The minimum atomic E-state index is -0.275. The molecule has 614 valence electrons. The molecule has 122 heavy (non-hydrogen) atoms. The van der Waals surface area contributed by atoms with E-state index in [1.807, 2.05) is 97.6 Å². The Hall–Kier alpha value is -11.3. The molecule has 0 bridgehead atoms. The van der Waals surface area contributed by atoms with E-state index in [1.54, 1.807) is 6.20 Å². The molecule has 12 atom stereocenters. The number of carbonyl (C=O) groups is 2. The lowest BCUT2D eigenvalue weighted by molar-refractivity contribution is -0.129. The molecule has 4 aromatic carbocycles. The summed E-state index contributed by atoms with van der Waals surface area (Å²) >= 11 is 6.67. The SMILES string of the molecule is C[C@H]1C(=O)CC[C@@]2(C)c3nc(-c4ccnc5ccccc45)nc(C4CC4)c3CC[C@H]12.C[C@H]1C(=O)CC[C@@]2(C)c3nc(-c4ccnc5ccccc45)nc(Cl)c3CC[C@H]12.C[C@H]1c2oncc2C[C@@]2(C)c3nc(-c4ccnc5ccccc45)nc(C4CC4)c3CC[C@H]12.[C-]#[N+]C1=C(O)[C@H](C)[C@H]2CCc3c(C4CC4)nc(-c4ccnc5ccccc45)nc3[C@]2(C)C1. The first-order valence-corrected chi connectivity index (χ1v) is 45.0. The highest BCUT2D eigenvalue weighted by molar-refractivity contribution is 6.30. The molecule has 18 nitrogen and oxygen atoms in total. The second kappa shape index (κ2) is 30.1. The van der Waals surface area contributed by atoms with Gasteiger partial charge in [0.05, 0.1) is 80.5 Å². The van der Waals surface area contributed by atoms with Crippen molar-refractivity contribution in [3.8, 4) is 45.6 Å². The van der Waals surface area contributed by atoms with Gasteiger partial charge in [0.1, 0.15) is 22.5 Å². The molecule has 0 spiro atoms. The molecule has 1 N–H and O–H groups in total. The summed E-state index contributed by atoms with van der Waals surface area (Å²) in [5, 5.41) is 19.7. The second-order valence-corrected chi connectivity index (χ2v) is 38.5. The van der Waals surface area contributed by atoms with Gasteiger partial charge in [0, 0.05) is 156 Å². The van der Waals surface area contributed by atoms with Crippen LogP contribution in [-0.2, 0) is 63.4 Å². The number of hydrogen-bond donors (Lipinski definition) is 1. The Labute approximate surface area is 716 Å². The van der Waals surface area contributed by atoms with Gasteiger partial charge in [0.15, 0.2) is 23.3 Å². The predicted octanol–water partition coefficient (Wildman–Crippen LogP) is 22.4. The number of aliphatic hydroxyl groups is 1. The van der Waals surface area contributed by atoms with Gasteiger partial charge in [-0.15, -0.1) is 0 Å². The Balaban J connectivity index is 0.000000100. The van der Waals surface area contributed by atoms with E-state index in [0.29, 0.717) is 88.9 Å². The van der Waals surface area contributed by atoms with E-state index in [9.17, 15) is 14.7 Å². The number of nitrogens with zero attached hydrogens (tertiary/aromatic N) is 14. The van der Waals surface area contributed by atoms with E-state index >= 15 is 0 Å². The molecule has 0 saturated heterocycles. The highest BCUT2D eigenvalue weighted by Crippen LogP contribution is 2.60. The number of Topliss-reactive ketones (excluding diaryl/α,β-unsaturated/α-hetero) is 2. The number of benzene rings is 4. The monoisotopic (exact) mass is 1630 g/mol. The van der Waals surface area contributed by atoms with Gasteiger partial charge in [-0.1, -0.05) is 145 Å².